The third kappa shape index (κ3) is 3.16. The largest absolute Gasteiger partial charge is 0.345 e. The number of nitrogens with one attached hydrogen (secondary N) is 1. The lowest BCUT2D eigenvalue weighted by molar-refractivity contribution is -0.118. The Morgan fingerprint density at radius 3 is 1.94 bits per heavy atom. The summed E-state index contributed by atoms with van der Waals surface area (Å²) < 4.78 is 0. The number of rotatable bonds is 2. The van der Waals surface area contributed by atoms with Gasteiger partial charge in [-0.25, -0.2) is 0 Å². The van der Waals surface area contributed by atoms with E-state index in [9.17, 15) is 9.59 Å². The summed E-state index contributed by atoms with van der Waals surface area (Å²) in [5.41, 5.74) is 1.09. The van der Waals surface area contributed by atoms with Crippen molar-refractivity contribution in [2.24, 2.45) is 0 Å². The Bertz CT molecular complexity index is 466. The van der Waals surface area contributed by atoms with Crippen LogP contribution in [0.5, 0.6) is 0 Å². The molecular weight excluding hydrogens is 234 g/mol. The van der Waals surface area contributed by atoms with Gasteiger partial charge >= 0.3 is 0 Å². The lowest BCUT2D eigenvalue weighted by atomic mass is 10.0. The fourth-order valence-corrected chi connectivity index (χ4v) is 2.70. The van der Waals surface area contributed by atoms with Crippen LogP contribution in [0.25, 0.3) is 0 Å². The summed E-state index contributed by atoms with van der Waals surface area (Å²) in [7, 11) is 0. The van der Waals surface area contributed by atoms with Crippen LogP contribution >= 0.6 is 11.3 Å². The van der Waals surface area contributed by atoms with Gasteiger partial charge in [0, 0.05) is 20.9 Å². The summed E-state index contributed by atoms with van der Waals surface area (Å²) in [6.07, 6.45) is 0. The van der Waals surface area contributed by atoms with Crippen molar-refractivity contribution in [3.05, 3.63) is 20.9 Å². The molecule has 1 aromatic heterocycles. The van der Waals surface area contributed by atoms with Gasteiger partial charge in [0.05, 0.1) is 0 Å². The zero-order chi connectivity index (χ0) is 13.4. The van der Waals surface area contributed by atoms with E-state index < -0.39 is 11.7 Å². The van der Waals surface area contributed by atoms with E-state index in [4.69, 9.17) is 0 Å². The normalized spacial score (nSPS) is 11.4. The molecule has 0 atom stereocenters. The number of carbonyl (C=O) groups is 2. The van der Waals surface area contributed by atoms with Gasteiger partial charge < -0.3 is 5.32 Å². The Hall–Kier alpha value is -1.16. The maximum absolute atomic E-state index is 12.1. The predicted octanol–water partition coefficient (Wildman–Crippen LogP) is 2.77. The van der Waals surface area contributed by atoms with Gasteiger partial charge in [0.2, 0.25) is 0 Å². The molecule has 4 heteroatoms. The average Bonchev–Trinajstić information content (AvgIpc) is 2.37. The summed E-state index contributed by atoms with van der Waals surface area (Å²) in [6.45, 7) is 11.3. The van der Waals surface area contributed by atoms with E-state index in [0.29, 0.717) is 5.56 Å². The molecule has 1 amide bonds. The van der Waals surface area contributed by atoms with E-state index >= 15 is 0 Å². The van der Waals surface area contributed by atoms with Crippen LogP contribution in [-0.2, 0) is 4.79 Å². The van der Waals surface area contributed by atoms with Crippen LogP contribution in [0.1, 0.15) is 46.4 Å². The molecule has 94 valence electrons. The Morgan fingerprint density at radius 1 is 1.06 bits per heavy atom. The topological polar surface area (TPSA) is 46.2 Å². The minimum Gasteiger partial charge on any atom is -0.345 e. The molecule has 1 aromatic rings. The third-order valence-electron chi connectivity index (χ3n) is 2.48. The molecule has 0 aliphatic heterocycles. The summed E-state index contributed by atoms with van der Waals surface area (Å²) in [5.74, 6) is -0.958. The number of hydrogen-bond acceptors (Lipinski definition) is 3. The lowest BCUT2D eigenvalue weighted by Crippen LogP contribution is -2.44. The monoisotopic (exact) mass is 253 g/mol. The van der Waals surface area contributed by atoms with Crippen molar-refractivity contribution in [1.29, 1.82) is 0 Å². The van der Waals surface area contributed by atoms with Crippen molar-refractivity contribution >= 4 is 23.0 Å². The van der Waals surface area contributed by atoms with Gasteiger partial charge in [0.1, 0.15) is 0 Å². The summed E-state index contributed by atoms with van der Waals surface area (Å²) in [5, 5.41) is 2.70. The zero-order valence-electron chi connectivity index (χ0n) is 11.2. The molecule has 0 aliphatic rings. The molecule has 0 aliphatic carbocycles. The van der Waals surface area contributed by atoms with E-state index in [0.717, 1.165) is 15.3 Å². The first kappa shape index (κ1) is 13.9. The molecule has 3 nitrogen and oxygen atoms in total. The van der Waals surface area contributed by atoms with E-state index in [-0.39, 0.29) is 5.54 Å². The first-order valence-electron chi connectivity index (χ1n) is 5.57. The SMILES string of the molecule is Cc1sc(C)c(C(=O)C(=O)NC(C)(C)C)c1C. The molecule has 0 saturated heterocycles. The van der Waals surface area contributed by atoms with Crippen molar-refractivity contribution in [2.75, 3.05) is 0 Å². The second-order valence-corrected chi connectivity index (χ2v) is 6.68. The molecule has 1 rings (SSSR count). The lowest BCUT2D eigenvalue weighted by Gasteiger charge is -2.19. The fourth-order valence-electron chi connectivity index (χ4n) is 1.64. The Kier molecular flexibility index (Phi) is 3.77. The van der Waals surface area contributed by atoms with Crippen molar-refractivity contribution < 1.29 is 9.59 Å². The van der Waals surface area contributed by atoms with Crippen LogP contribution in [0.15, 0.2) is 0 Å². The van der Waals surface area contributed by atoms with Gasteiger partial charge in [-0.15, -0.1) is 11.3 Å². The van der Waals surface area contributed by atoms with Crippen molar-refractivity contribution in [1.82, 2.24) is 5.32 Å². The van der Waals surface area contributed by atoms with Gasteiger partial charge in [-0.05, 0) is 47.1 Å². The van der Waals surface area contributed by atoms with E-state index in [2.05, 4.69) is 5.32 Å². The number of aryl methyl sites for hydroxylation is 2. The number of ketones is 1. The second-order valence-electron chi connectivity index (χ2n) is 5.25. The molecule has 0 fully saturated rings. The van der Waals surface area contributed by atoms with E-state index in [1.54, 1.807) is 11.3 Å². The predicted molar refractivity (Wildman–Crippen MR) is 70.8 cm³/mol. The molecule has 0 spiro atoms. The molecule has 0 saturated carbocycles. The third-order valence-corrected chi connectivity index (χ3v) is 3.61. The maximum Gasteiger partial charge on any atom is 0.292 e. The number of amides is 1. The number of thiophene rings is 1. The standard InChI is InChI=1S/C13H19NO2S/c1-7-8(2)17-9(3)10(7)11(15)12(16)14-13(4,5)6/h1-6H3,(H,14,16). The highest BCUT2D eigenvalue weighted by atomic mass is 32.1. The van der Waals surface area contributed by atoms with Crippen LogP contribution in [0.3, 0.4) is 0 Å². The second kappa shape index (κ2) is 4.61. The number of Topliss-reactive ketones (excluding diaryl/α,β-unsaturated/α-hetero) is 1. The van der Waals surface area contributed by atoms with Crippen molar-refractivity contribution in [2.45, 2.75) is 47.1 Å². The van der Waals surface area contributed by atoms with E-state index in [1.807, 2.05) is 41.5 Å². The average molecular weight is 253 g/mol. The first-order chi connectivity index (χ1) is 7.63. The van der Waals surface area contributed by atoms with Gasteiger partial charge in [0.15, 0.2) is 0 Å². The van der Waals surface area contributed by atoms with Crippen LogP contribution in [-0.4, -0.2) is 17.2 Å². The van der Waals surface area contributed by atoms with Gasteiger partial charge in [-0.3, -0.25) is 9.59 Å². The molecular formula is C13H19NO2S. The summed E-state index contributed by atoms with van der Waals surface area (Å²) in [4.78, 5) is 25.9. The summed E-state index contributed by atoms with van der Waals surface area (Å²) in [6, 6.07) is 0. The van der Waals surface area contributed by atoms with Gasteiger partial charge in [-0.2, -0.15) is 0 Å². The Labute approximate surface area is 106 Å². The minimum atomic E-state index is -0.526. The number of carbonyl (C=O) groups excluding carboxylic acids is 2. The molecule has 0 bridgehead atoms. The molecule has 1 N–H and O–H groups in total. The van der Waals surface area contributed by atoms with Crippen molar-refractivity contribution in [3.63, 3.8) is 0 Å². The first-order valence-corrected chi connectivity index (χ1v) is 6.38. The summed E-state index contributed by atoms with van der Waals surface area (Å²) >= 11 is 1.56. The van der Waals surface area contributed by atoms with E-state index in [1.165, 1.54) is 0 Å². The van der Waals surface area contributed by atoms with Crippen LogP contribution in [0.2, 0.25) is 0 Å². The van der Waals surface area contributed by atoms with Crippen molar-refractivity contribution in [3.8, 4) is 0 Å². The maximum atomic E-state index is 12.1. The highest BCUT2D eigenvalue weighted by molar-refractivity contribution is 7.12. The van der Waals surface area contributed by atoms with Crippen LogP contribution < -0.4 is 5.32 Å². The quantitative estimate of drug-likeness (QED) is 0.650. The molecule has 17 heavy (non-hydrogen) atoms. The molecule has 1 heterocycles. The van der Waals surface area contributed by atoms with Gasteiger partial charge in [-0.1, -0.05) is 0 Å². The molecule has 0 unspecified atom stereocenters. The molecule has 0 aromatic carbocycles. The Morgan fingerprint density at radius 2 is 1.59 bits per heavy atom. The Balaban J connectivity index is 3.01. The highest BCUT2D eigenvalue weighted by Gasteiger charge is 2.25. The van der Waals surface area contributed by atoms with Crippen LogP contribution in [0, 0.1) is 20.8 Å². The fraction of sp³-hybridized carbons (Fsp3) is 0.538. The highest BCUT2D eigenvalue weighted by Crippen LogP contribution is 2.26. The smallest absolute Gasteiger partial charge is 0.292 e. The van der Waals surface area contributed by atoms with Crippen LogP contribution in [0.4, 0.5) is 0 Å². The minimum absolute atomic E-state index is 0.389. The molecule has 0 radical (unpaired) electrons. The zero-order valence-corrected chi connectivity index (χ0v) is 12.0. The van der Waals surface area contributed by atoms with Gasteiger partial charge in [0.25, 0.3) is 11.7 Å². The number of hydrogen-bond donors (Lipinski definition) is 1.